The molecule has 0 amide bonds. The second-order valence-electron chi connectivity index (χ2n) is 7.79. The van der Waals surface area contributed by atoms with Crippen molar-refractivity contribution >= 4 is 5.95 Å². The van der Waals surface area contributed by atoms with Gasteiger partial charge in [-0.2, -0.15) is 4.98 Å². The fourth-order valence-corrected chi connectivity index (χ4v) is 3.92. The highest BCUT2D eigenvalue weighted by atomic mass is 16.5. The van der Waals surface area contributed by atoms with Crippen molar-refractivity contribution in [1.29, 1.82) is 0 Å². The van der Waals surface area contributed by atoms with Crippen LogP contribution in [-0.2, 0) is 7.05 Å². The van der Waals surface area contributed by atoms with Crippen LogP contribution in [0.5, 0.6) is 0 Å². The van der Waals surface area contributed by atoms with Gasteiger partial charge in [0.15, 0.2) is 0 Å². The molecule has 0 aliphatic carbocycles. The van der Waals surface area contributed by atoms with E-state index in [0.29, 0.717) is 29.9 Å². The molecule has 0 saturated carbocycles. The zero-order chi connectivity index (χ0) is 22.1. The summed E-state index contributed by atoms with van der Waals surface area (Å²) < 4.78 is 6.68. The predicted octanol–water partition coefficient (Wildman–Crippen LogP) is 2.35. The molecular formula is C23H23N7O2. The number of anilines is 1. The maximum Gasteiger partial charge on any atom is 0.255 e. The first-order valence-corrected chi connectivity index (χ1v) is 10.5. The number of hydrogen-bond acceptors (Lipinski definition) is 8. The normalized spacial score (nSPS) is 16.3. The second kappa shape index (κ2) is 8.35. The van der Waals surface area contributed by atoms with E-state index in [-0.39, 0.29) is 11.6 Å². The molecule has 1 aromatic carbocycles. The van der Waals surface area contributed by atoms with Crippen LogP contribution in [0.1, 0.15) is 17.5 Å². The first-order chi connectivity index (χ1) is 15.6. The Morgan fingerprint density at radius 2 is 1.84 bits per heavy atom. The highest BCUT2D eigenvalue weighted by Gasteiger charge is 2.24. The molecule has 1 unspecified atom stereocenters. The van der Waals surface area contributed by atoms with E-state index in [1.165, 1.54) is 0 Å². The number of piperazine rings is 1. The van der Waals surface area contributed by atoms with Crippen molar-refractivity contribution in [2.24, 2.45) is 7.05 Å². The SMILES string of the molecule is Cc1nc(-c2ccc(C3CN(c4nc(-c5ccncc5)cc(=O)n4C)CCN3)cc2)no1. The van der Waals surface area contributed by atoms with Crippen molar-refractivity contribution < 1.29 is 4.52 Å². The highest BCUT2D eigenvalue weighted by Crippen LogP contribution is 2.25. The standard InChI is InChI=1S/C23H23N7O2/c1-15-26-22(28-32-15)18-5-3-16(4-6-18)20-14-30(12-11-25-20)23-27-19(13-21(31)29(23)2)17-7-9-24-10-8-17/h3-10,13,20,25H,11-12,14H2,1-2H3. The molecule has 32 heavy (non-hydrogen) atoms. The molecule has 5 rings (SSSR count). The van der Waals surface area contributed by atoms with Crippen molar-refractivity contribution in [1.82, 2.24) is 30.0 Å². The highest BCUT2D eigenvalue weighted by molar-refractivity contribution is 5.60. The Labute approximate surface area is 184 Å². The van der Waals surface area contributed by atoms with Gasteiger partial charge in [0.25, 0.3) is 5.56 Å². The molecule has 4 heterocycles. The number of pyridine rings is 1. The lowest BCUT2D eigenvalue weighted by atomic mass is 10.0. The van der Waals surface area contributed by atoms with Crippen molar-refractivity contribution in [2.45, 2.75) is 13.0 Å². The molecule has 1 fully saturated rings. The second-order valence-corrected chi connectivity index (χ2v) is 7.79. The van der Waals surface area contributed by atoms with E-state index >= 15 is 0 Å². The lowest BCUT2D eigenvalue weighted by Gasteiger charge is -2.35. The minimum Gasteiger partial charge on any atom is -0.339 e. The van der Waals surface area contributed by atoms with Gasteiger partial charge in [-0.25, -0.2) is 4.98 Å². The summed E-state index contributed by atoms with van der Waals surface area (Å²) in [6, 6.07) is 13.5. The Hall–Kier alpha value is -3.85. The average molecular weight is 429 g/mol. The zero-order valence-corrected chi connectivity index (χ0v) is 17.9. The van der Waals surface area contributed by atoms with Crippen molar-refractivity contribution in [3.05, 3.63) is 76.7 Å². The summed E-state index contributed by atoms with van der Waals surface area (Å²) in [6.07, 6.45) is 3.41. The molecule has 3 aromatic heterocycles. The lowest BCUT2D eigenvalue weighted by Crippen LogP contribution is -2.47. The van der Waals surface area contributed by atoms with Gasteiger partial charge >= 0.3 is 0 Å². The number of nitrogens with zero attached hydrogens (tertiary/aromatic N) is 6. The molecule has 0 spiro atoms. The molecule has 0 radical (unpaired) electrons. The molecule has 1 saturated heterocycles. The fraction of sp³-hybridized carbons (Fsp3) is 0.261. The average Bonchev–Trinajstić information content (AvgIpc) is 3.28. The van der Waals surface area contributed by atoms with Crippen LogP contribution in [0.4, 0.5) is 5.95 Å². The van der Waals surface area contributed by atoms with Crippen LogP contribution in [0.3, 0.4) is 0 Å². The number of rotatable bonds is 4. The van der Waals surface area contributed by atoms with Gasteiger partial charge in [0.2, 0.25) is 17.7 Å². The van der Waals surface area contributed by atoms with E-state index in [9.17, 15) is 4.79 Å². The van der Waals surface area contributed by atoms with Crippen LogP contribution in [0.25, 0.3) is 22.6 Å². The molecule has 162 valence electrons. The zero-order valence-electron chi connectivity index (χ0n) is 17.9. The van der Waals surface area contributed by atoms with E-state index in [4.69, 9.17) is 9.51 Å². The Morgan fingerprint density at radius 3 is 2.56 bits per heavy atom. The quantitative estimate of drug-likeness (QED) is 0.528. The molecular weight excluding hydrogens is 406 g/mol. The summed E-state index contributed by atoms with van der Waals surface area (Å²) in [5, 5.41) is 7.54. The molecule has 0 bridgehead atoms. The summed E-state index contributed by atoms with van der Waals surface area (Å²) in [6.45, 7) is 4.01. The van der Waals surface area contributed by atoms with Crippen LogP contribution in [0.15, 0.2) is 64.2 Å². The molecule has 9 heteroatoms. The van der Waals surface area contributed by atoms with Gasteiger partial charge in [-0.05, 0) is 17.7 Å². The Kier molecular flexibility index (Phi) is 5.24. The number of benzene rings is 1. The van der Waals surface area contributed by atoms with Crippen molar-refractivity contribution in [3.8, 4) is 22.6 Å². The van der Waals surface area contributed by atoms with Gasteiger partial charge in [0.05, 0.1) is 5.69 Å². The van der Waals surface area contributed by atoms with Gasteiger partial charge in [0.1, 0.15) is 0 Å². The van der Waals surface area contributed by atoms with Crippen LogP contribution in [0.2, 0.25) is 0 Å². The van der Waals surface area contributed by atoms with E-state index in [0.717, 1.165) is 29.8 Å². The number of nitrogens with one attached hydrogen (secondary N) is 1. The van der Waals surface area contributed by atoms with Crippen LogP contribution < -0.4 is 15.8 Å². The Balaban J connectivity index is 1.40. The summed E-state index contributed by atoms with van der Waals surface area (Å²) in [5.74, 6) is 1.79. The number of aryl methyl sites for hydroxylation is 1. The number of aromatic nitrogens is 5. The topological polar surface area (TPSA) is 102 Å². The molecule has 1 atom stereocenters. The van der Waals surface area contributed by atoms with Crippen LogP contribution in [-0.4, -0.2) is 44.3 Å². The summed E-state index contributed by atoms with van der Waals surface area (Å²) in [7, 11) is 1.76. The molecule has 1 aliphatic heterocycles. The Bertz CT molecular complexity index is 1280. The summed E-state index contributed by atoms with van der Waals surface area (Å²) in [5.41, 5.74) is 3.50. The smallest absolute Gasteiger partial charge is 0.255 e. The molecule has 4 aromatic rings. The summed E-state index contributed by atoms with van der Waals surface area (Å²) >= 11 is 0. The minimum absolute atomic E-state index is 0.0864. The third kappa shape index (κ3) is 3.90. The van der Waals surface area contributed by atoms with Crippen molar-refractivity contribution in [2.75, 3.05) is 24.5 Å². The Morgan fingerprint density at radius 1 is 1.06 bits per heavy atom. The van der Waals surface area contributed by atoms with Crippen molar-refractivity contribution in [3.63, 3.8) is 0 Å². The lowest BCUT2D eigenvalue weighted by molar-refractivity contribution is 0.394. The first-order valence-electron chi connectivity index (χ1n) is 10.5. The van der Waals surface area contributed by atoms with Gasteiger partial charge in [-0.1, -0.05) is 29.4 Å². The maximum atomic E-state index is 12.6. The molecule has 9 nitrogen and oxygen atoms in total. The van der Waals surface area contributed by atoms with Gasteiger partial charge < -0.3 is 14.7 Å². The minimum atomic E-state index is -0.0864. The molecule has 1 aliphatic rings. The van der Waals surface area contributed by atoms with Gasteiger partial charge in [-0.15, -0.1) is 0 Å². The maximum absolute atomic E-state index is 12.6. The van der Waals surface area contributed by atoms with Gasteiger partial charge in [0, 0.05) is 69.2 Å². The van der Waals surface area contributed by atoms with E-state index in [2.05, 4.69) is 37.5 Å². The molecule has 1 N–H and O–H groups in total. The van der Waals surface area contributed by atoms with E-state index < -0.39 is 0 Å². The predicted molar refractivity (Wildman–Crippen MR) is 120 cm³/mol. The third-order valence-corrected chi connectivity index (χ3v) is 5.64. The first kappa shape index (κ1) is 20.1. The third-order valence-electron chi connectivity index (χ3n) is 5.64. The fourth-order valence-electron chi connectivity index (χ4n) is 3.92. The van der Waals surface area contributed by atoms with Gasteiger partial charge in [-0.3, -0.25) is 14.3 Å². The monoisotopic (exact) mass is 429 g/mol. The van der Waals surface area contributed by atoms with E-state index in [1.54, 1.807) is 37.0 Å². The number of hydrogen-bond donors (Lipinski definition) is 1. The largest absolute Gasteiger partial charge is 0.339 e. The van der Waals surface area contributed by atoms with E-state index in [1.807, 2.05) is 24.3 Å². The summed E-state index contributed by atoms with van der Waals surface area (Å²) in [4.78, 5) is 28.0. The van der Waals surface area contributed by atoms with Crippen LogP contribution >= 0.6 is 0 Å². The van der Waals surface area contributed by atoms with Crippen LogP contribution in [0, 0.1) is 6.92 Å².